The fraction of sp³-hybridized carbons (Fsp3) is 0.121. The number of methoxy groups -OCH3 is 1. The summed E-state index contributed by atoms with van der Waals surface area (Å²) in [6, 6.07) is 32.9. The number of rotatable bonds is 8. The average Bonchev–Trinajstić information content (AvgIpc) is 3.26. The summed E-state index contributed by atoms with van der Waals surface area (Å²) in [6.45, 7) is 2.69. The van der Waals surface area contributed by atoms with Crippen molar-refractivity contribution in [2.75, 3.05) is 7.11 Å². The van der Waals surface area contributed by atoms with Crippen LogP contribution in [0.4, 0.5) is 5.69 Å². The van der Waals surface area contributed by atoms with Crippen molar-refractivity contribution in [1.82, 2.24) is 4.90 Å². The number of nitrogens with zero attached hydrogens (tertiary/aromatic N) is 3. The molecule has 0 bridgehead atoms. The number of ether oxygens (including phenoxy) is 2. The highest BCUT2D eigenvalue weighted by Gasteiger charge is 2.33. The van der Waals surface area contributed by atoms with Crippen LogP contribution in [-0.4, -0.2) is 23.1 Å². The molecule has 1 aliphatic heterocycles. The Balaban J connectivity index is 1.41. The highest BCUT2D eigenvalue weighted by molar-refractivity contribution is 8.18. The zero-order chi connectivity index (χ0) is 27.9. The highest BCUT2D eigenvalue weighted by Crippen LogP contribution is 2.37. The second-order valence-electron chi connectivity index (χ2n) is 9.19. The van der Waals surface area contributed by atoms with Gasteiger partial charge in [0.15, 0.2) is 16.7 Å². The van der Waals surface area contributed by atoms with Gasteiger partial charge in [0.1, 0.15) is 6.61 Å². The molecule has 1 heterocycles. The average molecular weight is 546 g/mol. The van der Waals surface area contributed by atoms with Crippen LogP contribution >= 0.6 is 11.8 Å². The third-order valence-electron chi connectivity index (χ3n) is 6.34. The Bertz CT molecular complexity index is 1620. The first-order valence-electron chi connectivity index (χ1n) is 12.7. The standard InChI is InChI=1S/C33H27N3O3S/c1-23-12-15-28(16-13-23)35-33-36(21-24-8-4-3-5-9-24)32(37)31(40-33)19-25-14-17-29(30(18-25)38-2)39-22-27-11-7-6-10-26(27)20-34/h3-19H,21-22H2,1-2H3/b31-19+,35-33?. The molecule has 0 atom stereocenters. The van der Waals surface area contributed by atoms with Gasteiger partial charge in [-0.1, -0.05) is 72.3 Å². The monoisotopic (exact) mass is 545 g/mol. The predicted octanol–water partition coefficient (Wildman–Crippen LogP) is 7.26. The maximum Gasteiger partial charge on any atom is 0.267 e. The van der Waals surface area contributed by atoms with Gasteiger partial charge in [0.05, 0.1) is 35.9 Å². The lowest BCUT2D eigenvalue weighted by Gasteiger charge is -2.15. The fourth-order valence-corrected chi connectivity index (χ4v) is 5.18. The summed E-state index contributed by atoms with van der Waals surface area (Å²) in [4.78, 5) is 20.7. The SMILES string of the molecule is COc1cc(/C=C2/SC(=Nc3ccc(C)cc3)N(Cc3ccccc3)C2=O)ccc1OCc1ccccc1C#N. The number of carbonyl (C=O) groups excluding carboxylic acids is 1. The van der Waals surface area contributed by atoms with Crippen LogP contribution in [0, 0.1) is 18.3 Å². The van der Waals surface area contributed by atoms with Crippen LogP contribution in [0.1, 0.15) is 27.8 Å². The first-order valence-corrected chi connectivity index (χ1v) is 13.6. The van der Waals surface area contributed by atoms with Crippen LogP contribution in [0.15, 0.2) is 107 Å². The summed E-state index contributed by atoms with van der Waals surface area (Å²) in [5.41, 5.74) is 5.13. The Labute approximate surface area is 238 Å². The topological polar surface area (TPSA) is 74.9 Å². The van der Waals surface area contributed by atoms with Gasteiger partial charge < -0.3 is 9.47 Å². The normalized spacial score (nSPS) is 14.9. The second kappa shape index (κ2) is 12.4. The molecule has 0 unspecified atom stereocenters. The number of aliphatic imine (C=N–C) groups is 1. The van der Waals surface area contributed by atoms with Gasteiger partial charge in [-0.2, -0.15) is 5.26 Å². The lowest BCUT2D eigenvalue weighted by molar-refractivity contribution is -0.122. The zero-order valence-corrected chi connectivity index (χ0v) is 23.0. The lowest BCUT2D eigenvalue weighted by Crippen LogP contribution is -2.28. The van der Waals surface area contributed by atoms with E-state index in [0.29, 0.717) is 33.7 Å². The Kier molecular flexibility index (Phi) is 8.29. The molecule has 0 saturated carbocycles. The maximum absolute atomic E-state index is 13.6. The van der Waals surface area contributed by atoms with Crippen molar-refractivity contribution >= 4 is 34.6 Å². The van der Waals surface area contributed by atoms with E-state index in [1.807, 2.05) is 104 Å². The number of hydrogen-bond donors (Lipinski definition) is 0. The minimum Gasteiger partial charge on any atom is -0.493 e. The third-order valence-corrected chi connectivity index (χ3v) is 7.34. The molecule has 0 aromatic heterocycles. The number of benzene rings is 4. The van der Waals surface area contributed by atoms with Gasteiger partial charge in [0, 0.05) is 5.56 Å². The summed E-state index contributed by atoms with van der Waals surface area (Å²) in [5, 5.41) is 9.98. The van der Waals surface area contributed by atoms with Crippen molar-refractivity contribution in [2.24, 2.45) is 4.99 Å². The van der Waals surface area contributed by atoms with Crippen LogP contribution < -0.4 is 9.47 Å². The lowest BCUT2D eigenvalue weighted by atomic mass is 10.1. The van der Waals surface area contributed by atoms with E-state index in [0.717, 1.165) is 27.9 Å². The number of hydrogen-bond acceptors (Lipinski definition) is 6. The molecule has 0 N–H and O–H groups in total. The number of amidine groups is 1. The molecule has 4 aromatic carbocycles. The van der Waals surface area contributed by atoms with E-state index in [1.54, 1.807) is 18.1 Å². The quantitative estimate of drug-likeness (QED) is 0.218. The number of carbonyl (C=O) groups is 1. The van der Waals surface area contributed by atoms with Crippen molar-refractivity contribution in [2.45, 2.75) is 20.1 Å². The molecule has 0 spiro atoms. The van der Waals surface area contributed by atoms with Crippen molar-refractivity contribution in [3.05, 3.63) is 130 Å². The van der Waals surface area contributed by atoms with Gasteiger partial charge in [-0.25, -0.2) is 4.99 Å². The molecular formula is C33H27N3O3S. The van der Waals surface area contributed by atoms with Crippen LogP contribution in [0.5, 0.6) is 11.5 Å². The van der Waals surface area contributed by atoms with Gasteiger partial charge in [-0.15, -0.1) is 0 Å². The van der Waals surface area contributed by atoms with E-state index in [1.165, 1.54) is 11.8 Å². The van der Waals surface area contributed by atoms with E-state index in [9.17, 15) is 10.1 Å². The number of nitriles is 1. The molecule has 40 heavy (non-hydrogen) atoms. The summed E-state index contributed by atoms with van der Waals surface area (Å²) in [7, 11) is 1.58. The Morgan fingerprint density at radius 2 is 1.70 bits per heavy atom. The minimum absolute atomic E-state index is 0.105. The molecular weight excluding hydrogens is 518 g/mol. The van der Waals surface area contributed by atoms with Crippen molar-refractivity contribution in [1.29, 1.82) is 5.26 Å². The number of aryl methyl sites for hydroxylation is 1. The minimum atomic E-state index is -0.105. The molecule has 4 aromatic rings. The van der Waals surface area contributed by atoms with Crippen molar-refractivity contribution in [3.8, 4) is 17.6 Å². The smallest absolute Gasteiger partial charge is 0.267 e. The van der Waals surface area contributed by atoms with E-state index >= 15 is 0 Å². The molecule has 1 aliphatic rings. The summed E-state index contributed by atoms with van der Waals surface area (Å²) >= 11 is 1.35. The maximum atomic E-state index is 13.6. The molecule has 5 rings (SSSR count). The van der Waals surface area contributed by atoms with E-state index in [4.69, 9.17) is 14.5 Å². The number of amides is 1. The summed E-state index contributed by atoms with van der Waals surface area (Å²) < 4.78 is 11.6. The summed E-state index contributed by atoms with van der Waals surface area (Å²) in [6.07, 6.45) is 1.85. The molecule has 0 aliphatic carbocycles. The van der Waals surface area contributed by atoms with Crippen molar-refractivity contribution < 1.29 is 14.3 Å². The Morgan fingerprint density at radius 3 is 2.45 bits per heavy atom. The van der Waals surface area contributed by atoms with Crippen LogP contribution in [0.2, 0.25) is 0 Å². The zero-order valence-electron chi connectivity index (χ0n) is 22.2. The van der Waals surface area contributed by atoms with Crippen LogP contribution in [0.25, 0.3) is 6.08 Å². The molecule has 1 saturated heterocycles. The first kappa shape index (κ1) is 26.8. The van der Waals surface area contributed by atoms with E-state index in [2.05, 4.69) is 6.07 Å². The molecule has 7 heteroatoms. The van der Waals surface area contributed by atoms with Crippen LogP contribution in [-0.2, 0) is 17.9 Å². The predicted molar refractivity (Wildman–Crippen MR) is 159 cm³/mol. The Hall–Kier alpha value is -4.80. The summed E-state index contributed by atoms with van der Waals surface area (Å²) in [5.74, 6) is 0.983. The third kappa shape index (κ3) is 6.25. The van der Waals surface area contributed by atoms with Gasteiger partial charge in [-0.3, -0.25) is 9.69 Å². The molecule has 0 radical (unpaired) electrons. The highest BCUT2D eigenvalue weighted by atomic mass is 32.2. The van der Waals surface area contributed by atoms with Crippen LogP contribution in [0.3, 0.4) is 0 Å². The molecule has 6 nitrogen and oxygen atoms in total. The van der Waals surface area contributed by atoms with Gasteiger partial charge in [0.2, 0.25) is 0 Å². The van der Waals surface area contributed by atoms with E-state index in [-0.39, 0.29) is 12.5 Å². The molecule has 1 amide bonds. The fourth-order valence-electron chi connectivity index (χ4n) is 4.18. The largest absolute Gasteiger partial charge is 0.493 e. The van der Waals surface area contributed by atoms with Gasteiger partial charge in [0.25, 0.3) is 5.91 Å². The molecule has 1 fully saturated rings. The number of thioether (sulfide) groups is 1. The van der Waals surface area contributed by atoms with E-state index < -0.39 is 0 Å². The Morgan fingerprint density at radius 1 is 0.950 bits per heavy atom. The van der Waals surface area contributed by atoms with Gasteiger partial charge >= 0.3 is 0 Å². The van der Waals surface area contributed by atoms with Crippen molar-refractivity contribution in [3.63, 3.8) is 0 Å². The van der Waals surface area contributed by atoms with Gasteiger partial charge in [-0.05, 0) is 66.2 Å². The molecule has 198 valence electrons. The first-order chi connectivity index (χ1) is 19.5. The second-order valence-corrected chi connectivity index (χ2v) is 10.2.